The molecule has 0 spiro atoms. The summed E-state index contributed by atoms with van der Waals surface area (Å²) in [4.78, 5) is 0. The molecule has 1 aromatic heterocycles. The molecule has 0 saturated carbocycles. The summed E-state index contributed by atoms with van der Waals surface area (Å²) in [6, 6.07) is 6.04. The molecule has 102 valence electrons. The van der Waals surface area contributed by atoms with E-state index in [0.29, 0.717) is 25.8 Å². The van der Waals surface area contributed by atoms with E-state index in [0.717, 1.165) is 5.56 Å². The van der Waals surface area contributed by atoms with E-state index in [9.17, 15) is 4.39 Å². The second kappa shape index (κ2) is 6.42. The Morgan fingerprint density at radius 1 is 1.21 bits per heavy atom. The van der Waals surface area contributed by atoms with Gasteiger partial charge in [-0.3, -0.25) is 0 Å². The third kappa shape index (κ3) is 3.41. The van der Waals surface area contributed by atoms with Crippen molar-refractivity contribution in [3.63, 3.8) is 0 Å². The van der Waals surface area contributed by atoms with Gasteiger partial charge in [0, 0.05) is 16.1 Å². The fourth-order valence-electron chi connectivity index (χ4n) is 1.88. The summed E-state index contributed by atoms with van der Waals surface area (Å²) in [5.74, 6) is -0.364. The molecule has 0 fully saturated rings. The highest BCUT2D eigenvalue weighted by Crippen LogP contribution is 2.38. The lowest BCUT2D eigenvalue weighted by Crippen LogP contribution is -2.22. The summed E-state index contributed by atoms with van der Waals surface area (Å²) >= 11 is 19.2. The van der Waals surface area contributed by atoms with E-state index in [1.54, 1.807) is 18.2 Å². The first-order valence-electron chi connectivity index (χ1n) is 5.66. The van der Waals surface area contributed by atoms with Crippen molar-refractivity contribution >= 4 is 46.1 Å². The molecule has 0 aliphatic heterocycles. The number of hydrogen-bond donors (Lipinski definition) is 1. The molecule has 6 heteroatoms. The Balaban J connectivity index is 2.48. The Morgan fingerprint density at radius 2 is 1.95 bits per heavy atom. The van der Waals surface area contributed by atoms with Crippen LogP contribution in [0.4, 0.5) is 4.39 Å². The van der Waals surface area contributed by atoms with Gasteiger partial charge >= 0.3 is 0 Å². The zero-order valence-electron chi connectivity index (χ0n) is 10.0. The highest BCUT2D eigenvalue weighted by molar-refractivity contribution is 7.20. The molecule has 0 radical (unpaired) electrons. The molecule has 0 bridgehead atoms. The van der Waals surface area contributed by atoms with Gasteiger partial charge in [-0.2, -0.15) is 0 Å². The first-order valence-corrected chi connectivity index (χ1v) is 7.61. The van der Waals surface area contributed by atoms with Crippen LogP contribution in [-0.2, 0) is 0 Å². The van der Waals surface area contributed by atoms with Crippen LogP contribution >= 0.6 is 46.1 Å². The van der Waals surface area contributed by atoms with E-state index in [-0.39, 0.29) is 11.9 Å². The van der Waals surface area contributed by atoms with Gasteiger partial charge in [0.2, 0.25) is 0 Å². The van der Waals surface area contributed by atoms with Crippen molar-refractivity contribution in [1.82, 2.24) is 5.32 Å². The molecular weight excluding hydrogens is 328 g/mol. The molecule has 1 aromatic carbocycles. The molecule has 2 aromatic rings. The van der Waals surface area contributed by atoms with Crippen LogP contribution < -0.4 is 5.32 Å². The molecule has 1 heterocycles. The van der Waals surface area contributed by atoms with Gasteiger partial charge in [-0.1, -0.05) is 47.8 Å². The van der Waals surface area contributed by atoms with Gasteiger partial charge in [-0.05, 0) is 24.7 Å². The van der Waals surface area contributed by atoms with Crippen LogP contribution in [0.15, 0.2) is 24.3 Å². The van der Waals surface area contributed by atoms with Crippen LogP contribution in [0.25, 0.3) is 0 Å². The van der Waals surface area contributed by atoms with Crippen molar-refractivity contribution in [1.29, 1.82) is 0 Å². The minimum atomic E-state index is -0.364. The Kier molecular flexibility index (Phi) is 5.09. The fourth-order valence-corrected chi connectivity index (χ4v) is 3.57. The van der Waals surface area contributed by atoms with Crippen molar-refractivity contribution in [2.45, 2.75) is 13.0 Å². The molecule has 0 aliphatic rings. The maximum atomic E-state index is 14.1. The van der Waals surface area contributed by atoms with E-state index < -0.39 is 0 Å². The molecule has 0 aliphatic carbocycles. The predicted molar refractivity (Wildman–Crippen MR) is 81.3 cm³/mol. The molecule has 1 N–H and O–H groups in total. The molecule has 2 rings (SSSR count). The lowest BCUT2D eigenvalue weighted by Gasteiger charge is -2.18. The summed E-state index contributed by atoms with van der Waals surface area (Å²) in [5, 5.41) is 3.58. The number of thiophene rings is 1. The van der Waals surface area contributed by atoms with Crippen molar-refractivity contribution in [3.05, 3.63) is 54.9 Å². The van der Waals surface area contributed by atoms with E-state index >= 15 is 0 Å². The number of benzene rings is 1. The smallest absolute Gasteiger partial charge is 0.129 e. The van der Waals surface area contributed by atoms with Crippen LogP contribution in [-0.4, -0.2) is 6.54 Å². The molecule has 19 heavy (non-hydrogen) atoms. The van der Waals surface area contributed by atoms with Gasteiger partial charge in [0.1, 0.15) is 5.82 Å². The summed E-state index contributed by atoms with van der Waals surface area (Å²) in [7, 11) is 0. The van der Waals surface area contributed by atoms with Crippen molar-refractivity contribution in [2.75, 3.05) is 6.54 Å². The van der Waals surface area contributed by atoms with Crippen molar-refractivity contribution in [3.8, 4) is 0 Å². The van der Waals surface area contributed by atoms with Crippen LogP contribution in [0, 0.1) is 5.82 Å². The van der Waals surface area contributed by atoms with Crippen molar-refractivity contribution in [2.24, 2.45) is 0 Å². The summed E-state index contributed by atoms with van der Waals surface area (Å²) < 4.78 is 15.2. The molecule has 1 atom stereocenters. The second-order valence-electron chi connectivity index (χ2n) is 3.94. The van der Waals surface area contributed by atoms with Gasteiger partial charge in [0.15, 0.2) is 0 Å². The van der Waals surface area contributed by atoms with Crippen molar-refractivity contribution < 1.29 is 4.39 Å². The van der Waals surface area contributed by atoms with Crippen LogP contribution in [0.5, 0.6) is 0 Å². The Morgan fingerprint density at radius 3 is 2.47 bits per heavy atom. The third-order valence-electron chi connectivity index (χ3n) is 2.68. The molecule has 1 unspecified atom stereocenters. The van der Waals surface area contributed by atoms with Crippen LogP contribution in [0.3, 0.4) is 0 Å². The summed E-state index contributed by atoms with van der Waals surface area (Å²) in [6.07, 6.45) is 0. The maximum absolute atomic E-state index is 14.1. The third-order valence-corrected chi connectivity index (χ3v) is 4.43. The lowest BCUT2D eigenvalue weighted by atomic mass is 10.0. The lowest BCUT2D eigenvalue weighted by molar-refractivity contribution is 0.560. The largest absolute Gasteiger partial charge is 0.306 e. The first kappa shape index (κ1) is 15.1. The SMILES string of the molecule is CCNC(c1ccc(Cl)cc1F)c1cc(Cl)sc1Cl. The fraction of sp³-hybridized carbons (Fsp3) is 0.231. The zero-order valence-corrected chi connectivity index (χ0v) is 13.1. The summed E-state index contributed by atoms with van der Waals surface area (Å²) in [6.45, 7) is 2.62. The maximum Gasteiger partial charge on any atom is 0.129 e. The molecule has 1 nitrogen and oxygen atoms in total. The van der Waals surface area contributed by atoms with E-state index in [1.165, 1.54) is 17.4 Å². The van der Waals surface area contributed by atoms with Crippen LogP contribution in [0.2, 0.25) is 13.7 Å². The van der Waals surface area contributed by atoms with E-state index in [4.69, 9.17) is 34.8 Å². The Labute approximate surface area is 130 Å². The average Bonchev–Trinajstić information content (AvgIpc) is 2.66. The summed E-state index contributed by atoms with van der Waals surface area (Å²) in [5.41, 5.74) is 1.28. The van der Waals surface area contributed by atoms with Gasteiger partial charge in [0.05, 0.1) is 14.7 Å². The number of halogens is 4. The number of rotatable bonds is 4. The molecule has 0 amide bonds. The molecule has 0 saturated heterocycles. The molecular formula is C13H11Cl3FNS. The van der Waals surface area contributed by atoms with Gasteiger partial charge in [-0.15, -0.1) is 11.3 Å². The van der Waals surface area contributed by atoms with E-state index in [2.05, 4.69) is 5.32 Å². The predicted octanol–water partition coefficient (Wildman–Crippen LogP) is 5.55. The Hall–Kier alpha value is -0.320. The quantitative estimate of drug-likeness (QED) is 0.771. The van der Waals surface area contributed by atoms with Gasteiger partial charge in [-0.25, -0.2) is 4.39 Å². The minimum Gasteiger partial charge on any atom is -0.306 e. The standard InChI is InChI=1S/C13H11Cl3FNS/c1-2-18-12(9-6-11(15)19-13(9)16)8-4-3-7(14)5-10(8)17/h3-6,12,18H,2H2,1H3. The number of hydrogen-bond acceptors (Lipinski definition) is 2. The highest BCUT2D eigenvalue weighted by atomic mass is 35.5. The van der Waals surface area contributed by atoms with Gasteiger partial charge in [0.25, 0.3) is 0 Å². The number of nitrogens with one attached hydrogen (secondary N) is 1. The highest BCUT2D eigenvalue weighted by Gasteiger charge is 2.21. The zero-order chi connectivity index (χ0) is 14.0. The topological polar surface area (TPSA) is 12.0 Å². The monoisotopic (exact) mass is 337 g/mol. The first-order chi connectivity index (χ1) is 9.02. The Bertz CT molecular complexity index is 585. The normalized spacial score (nSPS) is 12.7. The second-order valence-corrected chi connectivity index (χ2v) is 6.66. The average molecular weight is 339 g/mol. The van der Waals surface area contributed by atoms with Crippen LogP contribution in [0.1, 0.15) is 24.1 Å². The van der Waals surface area contributed by atoms with Gasteiger partial charge < -0.3 is 5.32 Å². The minimum absolute atomic E-state index is 0.335. The van der Waals surface area contributed by atoms with E-state index in [1.807, 2.05) is 6.92 Å².